The zero-order chi connectivity index (χ0) is 16.4. The predicted octanol–water partition coefficient (Wildman–Crippen LogP) is 4.25. The zero-order valence-electron chi connectivity index (χ0n) is 13.4. The molecular weight excluding hydrogens is 304 g/mol. The van der Waals surface area contributed by atoms with E-state index < -0.39 is 15.5 Å². The zero-order valence-corrected chi connectivity index (χ0v) is 14.2. The third-order valence-corrected chi connectivity index (χ3v) is 6.66. The molecule has 1 heterocycles. The Kier molecular flexibility index (Phi) is 4.31. The van der Waals surface area contributed by atoms with Gasteiger partial charge in [0.15, 0.2) is 5.78 Å². The SMILES string of the molecule is CC1=C(C)C[C@@](C(=O)c2ccccc2)(c2ccccc2)[S@@](=O)C1. The Bertz CT molecular complexity index is 778. The van der Waals surface area contributed by atoms with E-state index >= 15 is 0 Å². The maximum absolute atomic E-state index is 13.4. The summed E-state index contributed by atoms with van der Waals surface area (Å²) in [7, 11) is -1.28. The number of rotatable bonds is 3. The van der Waals surface area contributed by atoms with Gasteiger partial charge in [-0.1, -0.05) is 71.8 Å². The molecule has 2 atom stereocenters. The lowest BCUT2D eigenvalue weighted by molar-refractivity contribution is 0.0937. The molecule has 1 aliphatic heterocycles. The van der Waals surface area contributed by atoms with Crippen molar-refractivity contribution in [3.8, 4) is 0 Å². The van der Waals surface area contributed by atoms with Gasteiger partial charge in [0.25, 0.3) is 0 Å². The molecule has 0 N–H and O–H groups in total. The Morgan fingerprint density at radius 3 is 2.09 bits per heavy atom. The van der Waals surface area contributed by atoms with Crippen molar-refractivity contribution in [1.82, 2.24) is 0 Å². The van der Waals surface area contributed by atoms with Crippen molar-refractivity contribution in [2.45, 2.75) is 25.0 Å². The molecule has 2 aromatic rings. The van der Waals surface area contributed by atoms with E-state index in [1.165, 1.54) is 0 Å². The number of hydrogen-bond acceptors (Lipinski definition) is 2. The predicted molar refractivity (Wildman–Crippen MR) is 94.9 cm³/mol. The van der Waals surface area contributed by atoms with Crippen LogP contribution in [0.5, 0.6) is 0 Å². The molecule has 0 bridgehead atoms. The molecule has 0 unspecified atom stereocenters. The standard InChI is InChI=1S/C20H20O2S/c1-15-13-20(23(22)14-16(15)2,18-11-7-4-8-12-18)19(21)17-9-5-3-6-10-17/h3-12H,13-14H2,1-2H3/t20-,23-/m0/s1. The minimum Gasteiger partial charge on any atom is -0.292 e. The number of carbonyl (C=O) groups excluding carboxylic acids is 1. The highest BCUT2D eigenvalue weighted by atomic mass is 32.2. The minimum absolute atomic E-state index is 0.0468. The molecule has 118 valence electrons. The van der Waals surface area contributed by atoms with Gasteiger partial charge in [-0.2, -0.15) is 0 Å². The summed E-state index contributed by atoms with van der Waals surface area (Å²) in [6.07, 6.45) is 0.517. The molecule has 1 aliphatic rings. The molecule has 0 amide bonds. The smallest absolute Gasteiger partial charge is 0.186 e. The van der Waals surface area contributed by atoms with Crippen LogP contribution in [-0.2, 0) is 15.5 Å². The summed E-state index contributed by atoms with van der Waals surface area (Å²) in [6, 6.07) is 18.8. The Labute approximate surface area is 139 Å². The van der Waals surface area contributed by atoms with Crippen LogP contribution in [0.3, 0.4) is 0 Å². The van der Waals surface area contributed by atoms with E-state index in [0.717, 1.165) is 16.7 Å². The maximum atomic E-state index is 13.4. The van der Waals surface area contributed by atoms with Crippen molar-refractivity contribution in [2.75, 3.05) is 5.75 Å². The molecular formula is C20H20O2S. The number of Topliss-reactive ketones (excluding diaryl/α,β-unsaturated/α-hetero) is 1. The van der Waals surface area contributed by atoms with E-state index in [-0.39, 0.29) is 5.78 Å². The summed E-state index contributed by atoms with van der Waals surface area (Å²) in [5.41, 5.74) is 3.77. The van der Waals surface area contributed by atoms with Gasteiger partial charge in [-0.3, -0.25) is 9.00 Å². The van der Waals surface area contributed by atoms with Crippen LogP contribution < -0.4 is 0 Å². The first-order valence-corrected chi connectivity index (χ1v) is 9.06. The normalized spacial score (nSPS) is 24.5. The lowest BCUT2D eigenvalue weighted by Gasteiger charge is -2.36. The summed E-state index contributed by atoms with van der Waals surface area (Å²) in [5, 5.41) is 0. The third kappa shape index (κ3) is 2.70. The van der Waals surface area contributed by atoms with Gasteiger partial charge in [-0.15, -0.1) is 0 Å². The van der Waals surface area contributed by atoms with Crippen LogP contribution in [0.25, 0.3) is 0 Å². The first-order chi connectivity index (χ1) is 11.1. The summed E-state index contributed by atoms with van der Waals surface area (Å²) in [4.78, 5) is 13.4. The van der Waals surface area contributed by atoms with E-state index in [4.69, 9.17) is 0 Å². The Morgan fingerprint density at radius 1 is 0.913 bits per heavy atom. The fraction of sp³-hybridized carbons (Fsp3) is 0.250. The quantitative estimate of drug-likeness (QED) is 0.625. The molecule has 2 aromatic carbocycles. The van der Waals surface area contributed by atoms with Crippen molar-refractivity contribution >= 4 is 16.6 Å². The summed E-state index contributed by atoms with van der Waals surface area (Å²) in [5.74, 6) is 0.411. The van der Waals surface area contributed by atoms with Crippen LogP contribution in [0.4, 0.5) is 0 Å². The molecule has 0 saturated heterocycles. The fourth-order valence-electron chi connectivity index (χ4n) is 3.13. The summed E-state index contributed by atoms with van der Waals surface area (Å²) < 4.78 is 12.2. The molecule has 23 heavy (non-hydrogen) atoms. The van der Waals surface area contributed by atoms with Crippen molar-refractivity contribution in [2.24, 2.45) is 0 Å². The Morgan fingerprint density at radius 2 is 1.48 bits per heavy atom. The number of carbonyl (C=O) groups is 1. The summed E-state index contributed by atoms with van der Waals surface area (Å²) in [6.45, 7) is 4.05. The molecule has 3 rings (SSSR count). The van der Waals surface area contributed by atoms with Crippen LogP contribution in [0.1, 0.15) is 36.2 Å². The highest BCUT2D eigenvalue weighted by Gasteiger charge is 2.48. The summed E-state index contributed by atoms with van der Waals surface area (Å²) >= 11 is 0. The highest BCUT2D eigenvalue weighted by molar-refractivity contribution is 7.87. The second kappa shape index (κ2) is 6.25. The largest absolute Gasteiger partial charge is 0.292 e. The van der Waals surface area contributed by atoms with Gasteiger partial charge in [0, 0.05) is 22.1 Å². The fourth-order valence-corrected chi connectivity index (χ4v) is 5.11. The average Bonchev–Trinajstić information content (AvgIpc) is 2.59. The highest BCUT2D eigenvalue weighted by Crippen LogP contribution is 2.42. The second-order valence-electron chi connectivity index (χ2n) is 6.12. The van der Waals surface area contributed by atoms with E-state index in [9.17, 15) is 9.00 Å². The minimum atomic E-state index is -1.28. The van der Waals surface area contributed by atoms with Gasteiger partial charge < -0.3 is 0 Å². The van der Waals surface area contributed by atoms with E-state index in [1.54, 1.807) is 0 Å². The van der Waals surface area contributed by atoms with E-state index in [2.05, 4.69) is 0 Å². The van der Waals surface area contributed by atoms with Crippen molar-refractivity contribution < 1.29 is 9.00 Å². The molecule has 0 fully saturated rings. The third-order valence-electron chi connectivity index (χ3n) is 4.62. The number of hydrogen-bond donors (Lipinski definition) is 0. The molecule has 2 nitrogen and oxygen atoms in total. The lowest BCUT2D eigenvalue weighted by atomic mass is 9.83. The first-order valence-electron chi connectivity index (χ1n) is 7.75. The van der Waals surface area contributed by atoms with Crippen LogP contribution >= 0.6 is 0 Å². The molecule has 0 spiro atoms. The monoisotopic (exact) mass is 324 g/mol. The van der Waals surface area contributed by atoms with Crippen molar-refractivity contribution in [1.29, 1.82) is 0 Å². The number of ketones is 1. The van der Waals surface area contributed by atoms with Crippen LogP contribution in [0.2, 0.25) is 0 Å². The van der Waals surface area contributed by atoms with Gasteiger partial charge in [-0.05, 0) is 25.8 Å². The molecule has 0 aromatic heterocycles. The van der Waals surface area contributed by atoms with E-state index in [1.807, 2.05) is 74.5 Å². The number of allylic oxidation sites excluding steroid dienone is 1. The molecule has 3 heteroatoms. The topological polar surface area (TPSA) is 34.1 Å². The van der Waals surface area contributed by atoms with Gasteiger partial charge >= 0.3 is 0 Å². The van der Waals surface area contributed by atoms with Gasteiger partial charge in [0.2, 0.25) is 0 Å². The van der Waals surface area contributed by atoms with Gasteiger partial charge in [-0.25, -0.2) is 0 Å². The van der Waals surface area contributed by atoms with Crippen LogP contribution in [0, 0.1) is 0 Å². The van der Waals surface area contributed by atoms with Crippen molar-refractivity contribution in [3.05, 3.63) is 82.9 Å². The molecule has 0 radical (unpaired) electrons. The average molecular weight is 324 g/mol. The van der Waals surface area contributed by atoms with Gasteiger partial charge in [0.05, 0.1) is 0 Å². The molecule has 0 saturated carbocycles. The van der Waals surface area contributed by atoms with E-state index in [0.29, 0.717) is 17.7 Å². The Hall–Kier alpha value is -2.00. The van der Waals surface area contributed by atoms with Crippen LogP contribution in [0.15, 0.2) is 71.8 Å². The Balaban J connectivity index is 2.20. The molecule has 0 aliphatic carbocycles. The first kappa shape index (κ1) is 15.9. The van der Waals surface area contributed by atoms with Crippen molar-refractivity contribution in [3.63, 3.8) is 0 Å². The lowest BCUT2D eigenvalue weighted by Crippen LogP contribution is -2.44. The second-order valence-corrected chi connectivity index (χ2v) is 7.79. The van der Waals surface area contributed by atoms with Gasteiger partial charge in [0.1, 0.15) is 4.75 Å². The number of benzene rings is 2. The van der Waals surface area contributed by atoms with Crippen LogP contribution in [-0.4, -0.2) is 15.7 Å². The maximum Gasteiger partial charge on any atom is 0.186 e.